The van der Waals surface area contributed by atoms with Gasteiger partial charge in [0.05, 0.1) is 47.5 Å². The summed E-state index contributed by atoms with van der Waals surface area (Å²) in [7, 11) is 0. The molecule has 2 aliphatic rings. The minimum absolute atomic E-state index is 0.152. The zero-order valence-corrected chi connectivity index (χ0v) is 34.9. The third-order valence-electron chi connectivity index (χ3n) is 11.1. The fourth-order valence-electron chi connectivity index (χ4n) is 8.09. The Morgan fingerprint density at radius 1 is 0.887 bits per heavy atom. The molecular weight excluding hydrogens is 799 g/mol. The summed E-state index contributed by atoms with van der Waals surface area (Å²) in [4.78, 5) is 68.3. The van der Waals surface area contributed by atoms with Crippen molar-refractivity contribution in [2.24, 2.45) is 11.5 Å². The van der Waals surface area contributed by atoms with Crippen molar-refractivity contribution in [1.82, 2.24) is 48.5 Å². The smallest absolute Gasteiger partial charge is 0.278 e. The van der Waals surface area contributed by atoms with Crippen LogP contribution in [0.2, 0.25) is 0 Å². The Bertz CT molecular complexity index is 2760. The van der Waals surface area contributed by atoms with Crippen LogP contribution < -0.4 is 32.6 Å². The number of hydrogen-bond acceptors (Lipinski definition) is 13. The largest absolute Gasteiger partial charge is 0.491 e. The van der Waals surface area contributed by atoms with Gasteiger partial charge in [0.2, 0.25) is 23.7 Å². The van der Waals surface area contributed by atoms with Gasteiger partial charge in [-0.15, -0.1) is 0 Å². The Balaban J connectivity index is 1.12. The van der Waals surface area contributed by atoms with Crippen molar-refractivity contribution >= 4 is 63.4 Å². The average Bonchev–Trinajstić information content (AvgIpc) is 4.11. The monoisotopic (exact) mass is 847 g/mol. The van der Waals surface area contributed by atoms with Crippen LogP contribution in [0.5, 0.6) is 5.75 Å². The Kier molecular flexibility index (Phi) is 11.5. The van der Waals surface area contributed by atoms with Crippen molar-refractivity contribution in [1.29, 1.82) is 0 Å². The number of amides is 4. The number of rotatable bonds is 17. The number of nitrogens with zero attached hydrogens (tertiary/aromatic N) is 10. The molecule has 0 aliphatic carbocycles. The van der Waals surface area contributed by atoms with Gasteiger partial charge < -0.3 is 31.2 Å². The Morgan fingerprint density at radius 3 is 2.27 bits per heavy atom. The van der Waals surface area contributed by atoms with E-state index >= 15 is 0 Å². The molecule has 2 aliphatic heterocycles. The number of anilines is 3. The zero-order chi connectivity index (χ0) is 43.8. The van der Waals surface area contributed by atoms with Gasteiger partial charge in [-0.3, -0.25) is 48.6 Å². The summed E-state index contributed by atoms with van der Waals surface area (Å²) in [5.74, 6) is -1.61. The molecule has 6 aromatic rings. The minimum atomic E-state index is -0.672. The highest BCUT2D eigenvalue weighted by molar-refractivity contribution is 6.07. The molecule has 8 rings (SSSR count). The van der Waals surface area contributed by atoms with Gasteiger partial charge in [-0.1, -0.05) is 12.2 Å². The van der Waals surface area contributed by atoms with Crippen LogP contribution in [0.15, 0.2) is 42.6 Å². The van der Waals surface area contributed by atoms with Gasteiger partial charge in [0, 0.05) is 57.1 Å². The Labute approximate surface area is 355 Å². The van der Waals surface area contributed by atoms with E-state index < -0.39 is 23.6 Å². The normalized spacial score (nSPS) is 16.3. The summed E-state index contributed by atoms with van der Waals surface area (Å²) >= 11 is 0. The summed E-state index contributed by atoms with van der Waals surface area (Å²) in [6.45, 7) is 11.3. The first-order valence-electron chi connectivity index (χ1n) is 20.5. The van der Waals surface area contributed by atoms with E-state index in [-0.39, 0.29) is 53.6 Å². The maximum Gasteiger partial charge on any atom is 0.278 e. The zero-order valence-electron chi connectivity index (χ0n) is 34.9. The third kappa shape index (κ3) is 8.06. The maximum absolute atomic E-state index is 13.9. The molecule has 5 aromatic heterocycles. The Morgan fingerprint density at radius 2 is 1.58 bits per heavy atom. The molecule has 1 aromatic carbocycles. The fraction of sp³-hybridized carbons (Fsp3) is 0.390. The number of fused-ring (bicyclic) bond motifs is 4. The van der Waals surface area contributed by atoms with Gasteiger partial charge in [0.15, 0.2) is 5.65 Å². The van der Waals surface area contributed by atoms with Crippen LogP contribution in [-0.2, 0) is 30.9 Å². The van der Waals surface area contributed by atoms with E-state index in [2.05, 4.69) is 35.7 Å². The molecule has 21 heteroatoms. The summed E-state index contributed by atoms with van der Waals surface area (Å²) in [5, 5.41) is 14.6. The molecule has 8 N–H and O–H groups in total. The van der Waals surface area contributed by atoms with Crippen molar-refractivity contribution < 1.29 is 28.7 Å². The van der Waals surface area contributed by atoms with Gasteiger partial charge in [-0.25, -0.2) is 15.0 Å². The number of hydrogen-bond donors (Lipinski definition) is 5. The molecule has 62 heavy (non-hydrogen) atoms. The summed E-state index contributed by atoms with van der Waals surface area (Å²) in [6, 6.07) is 6.75. The summed E-state index contributed by atoms with van der Waals surface area (Å²) in [6.07, 6.45) is 7.06. The maximum atomic E-state index is 13.9. The number of nitrogen functional groups attached to an aromatic ring is 1. The first kappa shape index (κ1) is 41.6. The lowest BCUT2D eigenvalue weighted by molar-refractivity contribution is 0.0289. The average molecular weight is 848 g/mol. The van der Waals surface area contributed by atoms with Crippen molar-refractivity contribution in [2.45, 2.75) is 78.9 Å². The molecule has 324 valence electrons. The molecule has 0 radical (unpaired) electrons. The predicted octanol–water partition coefficient (Wildman–Crippen LogP) is 2.61. The highest BCUT2D eigenvalue weighted by atomic mass is 16.5. The number of nitrogens with one attached hydrogen (secondary N) is 2. The number of benzene rings is 1. The number of aryl methyl sites for hydroxylation is 4. The van der Waals surface area contributed by atoms with Crippen LogP contribution in [0.1, 0.15) is 79.8 Å². The molecule has 21 nitrogen and oxygen atoms in total. The predicted molar refractivity (Wildman–Crippen MR) is 229 cm³/mol. The van der Waals surface area contributed by atoms with Gasteiger partial charge in [-0.2, -0.15) is 10.2 Å². The Hall–Kier alpha value is -7.13. The molecule has 0 unspecified atom stereocenters. The second-order valence-corrected chi connectivity index (χ2v) is 15.3. The lowest BCUT2D eigenvalue weighted by atomic mass is 10.1. The van der Waals surface area contributed by atoms with E-state index in [0.29, 0.717) is 70.8 Å². The summed E-state index contributed by atoms with van der Waals surface area (Å²) in [5.41, 5.74) is 21.6. The number of nitrogens with two attached hydrogens (primary N) is 3. The van der Waals surface area contributed by atoms with Crippen LogP contribution in [0.4, 0.5) is 17.6 Å². The lowest BCUT2D eigenvalue weighted by Gasteiger charge is -2.26. The number of morpholine rings is 1. The van der Waals surface area contributed by atoms with E-state index in [4.69, 9.17) is 31.7 Å². The molecule has 2 bridgehead atoms. The quantitative estimate of drug-likeness (QED) is 0.0653. The number of aromatic nitrogens is 9. The van der Waals surface area contributed by atoms with Gasteiger partial charge in [0.1, 0.15) is 28.2 Å². The van der Waals surface area contributed by atoms with Crippen LogP contribution in [0.3, 0.4) is 0 Å². The van der Waals surface area contributed by atoms with E-state index in [1.54, 1.807) is 45.9 Å². The number of carbonyl (C=O) groups excluding carboxylic acids is 4. The number of pyridine rings is 1. The summed E-state index contributed by atoms with van der Waals surface area (Å²) < 4.78 is 18.7. The number of likely N-dealkylation sites (tertiary alicyclic amines) is 1. The molecular formula is C41H49N15O6. The van der Waals surface area contributed by atoms with Crippen LogP contribution in [-0.4, -0.2) is 111 Å². The van der Waals surface area contributed by atoms with Crippen LogP contribution in [0, 0.1) is 13.8 Å². The second kappa shape index (κ2) is 17.1. The van der Waals surface area contributed by atoms with Gasteiger partial charge >= 0.3 is 0 Å². The van der Waals surface area contributed by atoms with E-state index in [1.807, 2.05) is 26.0 Å². The number of ether oxygens (including phenoxy) is 2. The molecule has 2 fully saturated rings. The molecule has 0 spiro atoms. The highest BCUT2D eigenvalue weighted by Gasteiger charge is 2.38. The molecule has 2 saturated heterocycles. The number of imidazole rings is 2. The third-order valence-corrected chi connectivity index (χ3v) is 11.1. The van der Waals surface area contributed by atoms with E-state index in [9.17, 15) is 19.2 Å². The highest BCUT2D eigenvalue weighted by Crippen LogP contribution is 2.33. The first-order valence-corrected chi connectivity index (χ1v) is 20.5. The van der Waals surface area contributed by atoms with E-state index in [1.165, 1.54) is 16.9 Å². The number of primary amides is 2. The second-order valence-electron chi connectivity index (χ2n) is 15.3. The fourth-order valence-corrected chi connectivity index (χ4v) is 8.09. The van der Waals surface area contributed by atoms with Gasteiger partial charge in [-0.05, 0) is 64.8 Å². The standard InChI is InChI=1S/C41H49N15O6/c1-5-55-30(14-22(3)50-55)38(59)48-41-47-29-16-25(36(44)58)19-45-37(29)54(41)12-8-7-11-53-33-28(46-40(53)49-39(60)34-32(42)23(4)51-56(34)6-2)15-24(35(43)57)17-31(33)61-13-9-10-52-20-27-18-26(52)21-62-27/h7-8,14-17,19,26-27H,5-6,9-13,18,20-21,42H2,1-4H3,(H2,43,57)(H2,44,58)(H,46,49,60)(H,47,48,59)/b8-7+/t26-,27-/m0/s1. The topological polar surface area (TPSA) is 276 Å². The van der Waals surface area contributed by atoms with Crippen molar-refractivity contribution in [3.05, 3.63) is 76.5 Å². The van der Waals surface area contributed by atoms with Crippen molar-refractivity contribution in [3.8, 4) is 5.75 Å². The molecule has 7 heterocycles. The lowest BCUT2D eigenvalue weighted by Crippen LogP contribution is -2.37. The van der Waals surface area contributed by atoms with Gasteiger partial charge in [0.25, 0.3) is 11.8 Å². The molecule has 2 atom stereocenters. The van der Waals surface area contributed by atoms with Crippen LogP contribution in [0.25, 0.3) is 22.2 Å². The molecule has 4 amide bonds. The molecule has 0 saturated carbocycles. The van der Waals surface area contributed by atoms with Crippen molar-refractivity contribution in [2.75, 3.05) is 42.7 Å². The minimum Gasteiger partial charge on any atom is -0.491 e. The SMILES string of the molecule is CCn1nc(C)cc1C(=O)Nc1nc2cc(C(N)=O)cnc2n1C/C=C/Cn1c(NC(=O)c2c(N)c(C)nn2CC)nc2cc(C(N)=O)cc(OCCCN3C[C@@H]4C[C@H]3CO4)c21. The van der Waals surface area contributed by atoms with Crippen LogP contribution >= 0.6 is 0 Å². The van der Waals surface area contributed by atoms with Crippen molar-refractivity contribution in [3.63, 3.8) is 0 Å². The number of allylic oxidation sites excluding steroid dienone is 2. The first-order chi connectivity index (χ1) is 29.8. The number of carbonyl (C=O) groups is 4. The van der Waals surface area contributed by atoms with E-state index in [0.717, 1.165) is 32.5 Å².